The van der Waals surface area contributed by atoms with Gasteiger partial charge in [-0.15, -0.1) is 0 Å². The number of hydrogen-bond donors (Lipinski definition) is 0. The topological polar surface area (TPSA) is 50.1 Å². The number of rotatable bonds is 6. The highest BCUT2D eigenvalue weighted by atomic mass is 79.9. The molecule has 0 saturated carbocycles. The third-order valence-corrected chi connectivity index (χ3v) is 3.50. The number of nitriles is 1. The maximum absolute atomic E-state index is 11.7. The van der Waals surface area contributed by atoms with Crippen LogP contribution in [-0.4, -0.2) is 17.7 Å². The Morgan fingerprint density at radius 1 is 1.56 bits per heavy atom. The molecule has 1 unspecified atom stereocenters. The van der Waals surface area contributed by atoms with Crippen molar-refractivity contribution in [2.75, 3.05) is 7.11 Å². The molecule has 4 heteroatoms. The molecule has 0 aliphatic rings. The van der Waals surface area contributed by atoms with Gasteiger partial charge in [-0.2, -0.15) is 5.26 Å². The van der Waals surface area contributed by atoms with Crippen molar-refractivity contribution in [2.24, 2.45) is 0 Å². The van der Waals surface area contributed by atoms with E-state index in [1.54, 1.807) is 19.2 Å². The maximum Gasteiger partial charge on any atom is 0.146 e. The monoisotopic (exact) mass is 309 g/mol. The molecule has 1 aromatic rings. The van der Waals surface area contributed by atoms with Gasteiger partial charge in [0.25, 0.3) is 0 Å². The van der Waals surface area contributed by atoms with E-state index in [1.165, 1.54) is 0 Å². The maximum atomic E-state index is 11.7. The summed E-state index contributed by atoms with van der Waals surface area (Å²) < 4.78 is 5.25. The summed E-state index contributed by atoms with van der Waals surface area (Å²) in [7, 11) is 1.57. The number of ether oxygens (including phenoxy) is 1. The lowest BCUT2D eigenvalue weighted by atomic mass is 10.0. The highest BCUT2D eigenvalue weighted by Gasteiger charge is 2.16. The summed E-state index contributed by atoms with van der Waals surface area (Å²) in [5, 5.41) is 8.82. The molecule has 96 valence electrons. The molecule has 0 aliphatic carbocycles. The van der Waals surface area contributed by atoms with Gasteiger partial charge in [-0.1, -0.05) is 28.9 Å². The highest BCUT2D eigenvalue weighted by Crippen LogP contribution is 2.24. The van der Waals surface area contributed by atoms with Gasteiger partial charge in [-0.25, -0.2) is 0 Å². The second-order valence-electron chi connectivity index (χ2n) is 4.03. The van der Waals surface area contributed by atoms with Crippen molar-refractivity contribution in [2.45, 2.75) is 31.0 Å². The van der Waals surface area contributed by atoms with Crippen LogP contribution in [0, 0.1) is 11.3 Å². The Morgan fingerprint density at radius 2 is 2.28 bits per heavy atom. The molecule has 0 bridgehead atoms. The molecule has 0 amide bonds. The van der Waals surface area contributed by atoms with Gasteiger partial charge in [0, 0.05) is 6.42 Å². The Hall–Kier alpha value is -1.34. The molecule has 18 heavy (non-hydrogen) atoms. The molecule has 1 rings (SSSR count). The lowest BCUT2D eigenvalue weighted by molar-refractivity contribution is -0.118. The van der Waals surface area contributed by atoms with Crippen molar-refractivity contribution in [3.05, 3.63) is 29.3 Å². The second kappa shape index (κ2) is 7.17. The number of carbonyl (C=O) groups excluding carboxylic acids is 1. The average Bonchev–Trinajstić information content (AvgIpc) is 2.39. The van der Waals surface area contributed by atoms with Crippen LogP contribution in [0.15, 0.2) is 18.2 Å². The molecule has 1 atom stereocenters. The van der Waals surface area contributed by atoms with E-state index in [1.807, 2.05) is 13.0 Å². The molecule has 0 aromatic heterocycles. The van der Waals surface area contributed by atoms with Gasteiger partial charge in [0.1, 0.15) is 11.5 Å². The summed E-state index contributed by atoms with van der Waals surface area (Å²) in [6.07, 6.45) is 2.01. The Labute approximate surface area is 116 Å². The second-order valence-corrected chi connectivity index (χ2v) is 5.13. The molecular formula is C14H16BrNO2. The number of ketones is 1. The van der Waals surface area contributed by atoms with E-state index in [-0.39, 0.29) is 10.6 Å². The minimum absolute atomic E-state index is 0.195. The smallest absolute Gasteiger partial charge is 0.146 e. The van der Waals surface area contributed by atoms with Crippen LogP contribution in [0.25, 0.3) is 0 Å². The number of methoxy groups -OCH3 is 1. The van der Waals surface area contributed by atoms with Crippen LogP contribution < -0.4 is 4.74 Å². The summed E-state index contributed by atoms with van der Waals surface area (Å²) in [5.74, 6) is 0.853. The molecule has 0 spiro atoms. The first kappa shape index (κ1) is 14.7. The zero-order valence-electron chi connectivity index (χ0n) is 10.6. The van der Waals surface area contributed by atoms with Crippen LogP contribution in [0.1, 0.15) is 30.9 Å². The largest absolute Gasteiger partial charge is 0.496 e. The summed E-state index contributed by atoms with van der Waals surface area (Å²) in [6, 6.07) is 7.34. The van der Waals surface area contributed by atoms with Crippen LogP contribution in [0.2, 0.25) is 0 Å². The number of Topliss-reactive ketones (excluding diaryl/α,β-unsaturated/α-hetero) is 1. The Balaban J connectivity index is 2.84. The van der Waals surface area contributed by atoms with Crippen molar-refractivity contribution in [3.8, 4) is 11.8 Å². The molecule has 1 aromatic carbocycles. The van der Waals surface area contributed by atoms with Crippen molar-refractivity contribution in [1.82, 2.24) is 0 Å². The van der Waals surface area contributed by atoms with Crippen molar-refractivity contribution in [3.63, 3.8) is 0 Å². The average molecular weight is 310 g/mol. The minimum Gasteiger partial charge on any atom is -0.496 e. The quantitative estimate of drug-likeness (QED) is 0.758. The van der Waals surface area contributed by atoms with E-state index < -0.39 is 0 Å². The van der Waals surface area contributed by atoms with Gasteiger partial charge in [0.2, 0.25) is 0 Å². The molecule has 0 fully saturated rings. The predicted octanol–water partition coefficient (Wildman–Crippen LogP) is 3.24. The SMILES string of the molecule is CCCC(=O)C(Br)Cc1ccc(C#N)cc1OC. The zero-order valence-corrected chi connectivity index (χ0v) is 12.2. The number of nitrogens with zero attached hydrogens (tertiary/aromatic N) is 1. The van der Waals surface area contributed by atoms with Crippen molar-refractivity contribution in [1.29, 1.82) is 5.26 Å². The lowest BCUT2D eigenvalue weighted by Crippen LogP contribution is -2.16. The Bertz CT molecular complexity index is 465. The minimum atomic E-state index is -0.195. The van der Waals surface area contributed by atoms with Gasteiger partial charge in [0.05, 0.1) is 23.6 Å². The molecule has 0 radical (unpaired) electrons. The molecule has 0 heterocycles. The molecule has 3 nitrogen and oxygen atoms in total. The summed E-state index contributed by atoms with van der Waals surface area (Å²) in [5.41, 5.74) is 1.49. The number of benzene rings is 1. The van der Waals surface area contributed by atoms with Crippen LogP contribution in [0.3, 0.4) is 0 Å². The Morgan fingerprint density at radius 3 is 2.83 bits per heavy atom. The van der Waals surface area contributed by atoms with Gasteiger partial charge in [-0.05, 0) is 30.5 Å². The van der Waals surface area contributed by atoms with Crippen molar-refractivity contribution < 1.29 is 9.53 Å². The van der Waals surface area contributed by atoms with E-state index in [9.17, 15) is 4.79 Å². The summed E-state index contributed by atoms with van der Waals surface area (Å²) >= 11 is 3.41. The molecule has 0 saturated heterocycles. The first-order valence-electron chi connectivity index (χ1n) is 5.86. The van der Waals surface area contributed by atoms with Crippen LogP contribution in [0.5, 0.6) is 5.75 Å². The number of hydrogen-bond acceptors (Lipinski definition) is 3. The van der Waals surface area contributed by atoms with E-state index >= 15 is 0 Å². The normalized spacial score (nSPS) is 11.7. The fourth-order valence-corrected chi connectivity index (χ4v) is 2.27. The number of halogens is 1. The fraction of sp³-hybridized carbons (Fsp3) is 0.429. The first-order chi connectivity index (χ1) is 8.62. The van der Waals surface area contributed by atoms with Gasteiger partial charge < -0.3 is 4.74 Å². The standard InChI is InChI=1S/C14H16BrNO2/c1-3-4-13(17)12(15)8-11-6-5-10(9-16)7-14(11)18-2/h5-7,12H,3-4,8H2,1-2H3. The highest BCUT2D eigenvalue weighted by molar-refractivity contribution is 9.10. The first-order valence-corrected chi connectivity index (χ1v) is 6.77. The van der Waals surface area contributed by atoms with Crippen LogP contribution >= 0.6 is 15.9 Å². The third-order valence-electron chi connectivity index (χ3n) is 2.66. The van der Waals surface area contributed by atoms with Gasteiger partial charge in [0.15, 0.2) is 0 Å². The fourth-order valence-electron chi connectivity index (χ4n) is 1.69. The van der Waals surface area contributed by atoms with Crippen molar-refractivity contribution >= 4 is 21.7 Å². The van der Waals surface area contributed by atoms with Gasteiger partial charge in [-0.3, -0.25) is 4.79 Å². The molecular weight excluding hydrogens is 294 g/mol. The predicted molar refractivity (Wildman–Crippen MR) is 74.0 cm³/mol. The number of alkyl halides is 1. The summed E-state index contributed by atoms with van der Waals surface area (Å²) in [6.45, 7) is 1.99. The van der Waals surface area contributed by atoms with Crippen LogP contribution in [0.4, 0.5) is 0 Å². The molecule has 0 N–H and O–H groups in total. The van der Waals surface area contributed by atoms with Crippen LogP contribution in [-0.2, 0) is 11.2 Å². The van der Waals surface area contributed by atoms with Gasteiger partial charge >= 0.3 is 0 Å². The summed E-state index contributed by atoms with van der Waals surface area (Å²) in [4.78, 5) is 11.5. The molecule has 0 aliphatic heterocycles. The zero-order chi connectivity index (χ0) is 13.5. The van der Waals surface area contributed by atoms with E-state index in [0.29, 0.717) is 24.2 Å². The van der Waals surface area contributed by atoms with E-state index in [4.69, 9.17) is 10.00 Å². The van der Waals surface area contributed by atoms with E-state index in [0.717, 1.165) is 12.0 Å². The lowest BCUT2D eigenvalue weighted by Gasteiger charge is -2.12. The number of carbonyl (C=O) groups is 1. The Kier molecular flexibility index (Phi) is 5.87. The van der Waals surface area contributed by atoms with E-state index in [2.05, 4.69) is 22.0 Å². The third kappa shape index (κ3) is 3.85.